The highest BCUT2D eigenvalue weighted by Crippen LogP contribution is 2.23. The van der Waals surface area contributed by atoms with Gasteiger partial charge in [-0.2, -0.15) is 0 Å². The van der Waals surface area contributed by atoms with Crippen LogP contribution in [0.15, 0.2) is 29.9 Å². The van der Waals surface area contributed by atoms with Gasteiger partial charge in [-0.05, 0) is 19.1 Å². The second kappa shape index (κ2) is 6.81. The second-order valence-electron chi connectivity index (χ2n) is 6.10. The quantitative estimate of drug-likeness (QED) is 0.744. The van der Waals surface area contributed by atoms with Crippen LogP contribution in [0, 0.1) is 6.92 Å². The van der Waals surface area contributed by atoms with Crippen molar-refractivity contribution in [3.05, 3.63) is 41.3 Å². The molecule has 2 N–H and O–H groups in total. The molecule has 4 rings (SSSR count). The number of anilines is 2. The Morgan fingerprint density at radius 1 is 1.40 bits per heavy atom. The minimum Gasteiger partial charge on any atom is -0.352 e. The van der Waals surface area contributed by atoms with Gasteiger partial charge < -0.3 is 15.5 Å². The maximum absolute atomic E-state index is 12.5. The van der Waals surface area contributed by atoms with Crippen LogP contribution in [0.25, 0.3) is 4.96 Å². The highest BCUT2D eigenvalue weighted by atomic mass is 32.1. The standard InChI is InChI=1S/C17H20N6OS/c1-12-11-25-17-20-13(10-23(12)17)9-15(24)21-14-3-2-4-19-16(14)22-7-5-18-6-8-22/h2-4,10-11,18H,5-9H2,1H3,(H,21,24). The van der Waals surface area contributed by atoms with Crippen molar-refractivity contribution in [1.82, 2.24) is 19.7 Å². The summed E-state index contributed by atoms with van der Waals surface area (Å²) in [5, 5.41) is 8.38. The molecule has 0 saturated carbocycles. The van der Waals surface area contributed by atoms with Gasteiger partial charge in [0.15, 0.2) is 10.8 Å². The van der Waals surface area contributed by atoms with Crippen molar-refractivity contribution in [2.24, 2.45) is 0 Å². The van der Waals surface area contributed by atoms with Crippen LogP contribution in [0.5, 0.6) is 0 Å². The summed E-state index contributed by atoms with van der Waals surface area (Å²) in [6, 6.07) is 3.75. The van der Waals surface area contributed by atoms with Crippen molar-refractivity contribution in [3.63, 3.8) is 0 Å². The Morgan fingerprint density at radius 3 is 3.04 bits per heavy atom. The summed E-state index contributed by atoms with van der Waals surface area (Å²) in [4.78, 5) is 24.6. The minimum absolute atomic E-state index is 0.0761. The van der Waals surface area contributed by atoms with Crippen molar-refractivity contribution in [2.45, 2.75) is 13.3 Å². The summed E-state index contributed by atoms with van der Waals surface area (Å²) in [6.07, 6.45) is 3.95. The van der Waals surface area contributed by atoms with E-state index < -0.39 is 0 Å². The van der Waals surface area contributed by atoms with Crippen LogP contribution in [0.4, 0.5) is 11.5 Å². The van der Waals surface area contributed by atoms with E-state index >= 15 is 0 Å². The van der Waals surface area contributed by atoms with Gasteiger partial charge in [0, 0.05) is 49.6 Å². The van der Waals surface area contributed by atoms with Crippen LogP contribution in [-0.2, 0) is 11.2 Å². The molecule has 25 heavy (non-hydrogen) atoms. The van der Waals surface area contributed by atoms with E-state index in [4.69, 9.17) is 0 Å². The number of carbonyl (C=O) groups excluding carboxylic acids is 1. The van der Waals surface area contributed by atoms with Crippen molar-refractivity contribution < 1.29 is 4.79 Å². The topological polar surface area (TPSA) is 74.6 Å². The summed E-state index contributed by atoms with van der Waals surface area (Å²) < 4.78 is 2.02. The van der Waals surface area contributed by atoms with E-state index in [1.807, 2.05) is 29.7 Å². The molecule has 7 nitrogen and oxygen atoms in total. The molecule has 3 aromatic heterocycles. The number of fused-ring (bicyclic) bond motifs is 1. The molecule has 0 bridgehead atoms. The number of carbonyl (C=O) groups is 1. The zero-order valence-electron chi connectivity index (χ0n) is 14.0. The van der Waals surface area contributed by atoms with Crippen LogP contribution in [0.3, 0.4) is 0 Å². The van der Waals surface area contributed by atoms with Crippen LogP contribution in [-0.4, -0.2) is 46.5 Å². The van der Waals surface area contributed by atoms with Gasteiger partial charge in [-0.25, -0.2) is 9.97 Å². The first kappa shape index (κ1) is 16.0. The molecule has 0 atom stereocenters. The normalized spacial score (nSPS) is 14.8. The first-order valence-electron chi connectivity index (χ1n) is 8.33. The Labute approximate surface area is 149 Å². The van der Waals surface area contributed by atoms with Crippen molar-refractivity contribution >= 4 is 33.7 Å². The number of hydrogen-bond acceptors (Lipinski definition) is 6. The average Bonchev–Trinajstić information content (AvgIpc) is 3.17. The van der Waals surface area contributed by atoms with E-state index in [0.29, 0.717) is 0 Å². The highest BCUT2D eigenvalue weighted by Gasteiger charge is 2.17. The number of nitrogens with zero attached hydrogens (tertiary/aromatic N) is 4. The maximum atomic E-state index is 12.5. The first-order chi connectivity index (χ1) is 12.2. The molecular formula is C17H20N6OS. The SMILES string of the molecule is Cc1csc2nc(CC(=O)Nc3cccnc3N3CCNCC3)cn12. The molecule has 1 aliphatic heterocycles. The van der Waals surface area contributed by atoms with E-state index in [0.717, 1.165) is 54.0 Å². The Balaban J connectivity index is 1.48. The van der Waals surface area contributed by atoms with E-state index in [1.54, 1.807) is 17.5 Å². The van der Waals surface area contributed by atoms with Crippen LogP contribution in [0.2, 0.25) is 0 Å². The van der Waals surface area contributed by atoms with Gasteiger partial charge in [0.1, 0.15) is 0 Å². The van der Waals surface area contributed by atoms with Gasteiger partial charge in [0.2, 0.25) is 5.91 Å². The zero-order valence-corrected chi connectivity index (χ0v) is 14.8. The number of hydrogen-bond donors (Lipinski definition) is 2. The van der Waals surface area contributed by atoms with E-state index in [-0.39, 0.29) is 12.3 Å². The lowest BCUT2D eigenvalue weighted by molar-refractivity contribution is -0.115. The van der Waals surface area contributed by atoms with E-state index in [9.17, 15) is 4.79 Å². The molecule has 0 aliphatic carbocycles. The monoisotopic (exact) mass is 356 g/mol. The van der Waals surface area contributed by atoms with E-state index in [2.05, 4.69) is 30.9 Å². The van der Waals surface area contributed by atoms with Gasteiger partial charge >= 0.3 is 0 Å². The average molecular weight is 356 g/mol. The number of aromatic nitrogens is 3. The van der Waals surface area contributed by atoms with Crippen LogP contribution in [0.1, 0.15) is 11.4 Å². The molecule has 0 radical (unpaired) electrons. The summed E-state index contributed by atoms with van der Waals surface area (Å²) >= 11 is 1.58. The van der Waals surface area contributed by atoms with Gasteiger partial charge in [-0.15, -0.1) is 11.3 Å². The number of thiazole rings is 1. The van der Waals surface area contributed by atoms with Gasteiger partial charge in [0.05, 0.1) is 17.8 Å². The lowest BCUT2D eigenvalue weighted by Gasteiger charge is -2.29. The third-order valence-corrected chi connectivity index (χ3v) is 5.22. The number of pyridine rings is 1. The first-order valence-corrected chi connectivity index (χ1v) is 9.21. The Bertz CT molecular complexity index is 896. The smallest absolute Gasteiger partial charge is 0.230 e. The molecular weight excluding hydrogens is 336 g/mol. The van der Waals surface area contributed by atoms with E-state index in [1.165, 1.54) is 0 Å². The van der Waals surface area contributed by atoms with Gasteiger partial charge in [-0.1, -0.05) is 0 Å². The van der Waals surface area contributed by atoms with Gasteiger partial charge in [-0.3, -0.25) is 9.20 Å². The summed E-state index contributed by atoms with van der Waals surface area (Å²) in [6.45, 7) is 5.65. The lowest BCUT2D eigenvalue weighted by Crippen LogP contribution is -2.44. The summed E-state index contributed by atoms with van der Waals surface area (Å²) in [5.74, 6) is 0.756. The third kappa shape index (κ3) is 3.35. The molecule has 4 heterocycles. The third-order valence-electron chi connectivity index (χ3n) is 4.26. The highest BCUT2D eigenvalue weighted by molar-refractivity contribution is 7.15. The fourth-order valence-corrected chi connectivity index (χ4v) is 3.88. The summed E-state index contributed by atoms with van der Waals surface area (Å²) in [7, 11) is 0. The predicted molar refractivity (Wildman–Crippen MR) is 99.5 cm³/mol. The van der Waals surface area contributed by atoms with Crippen LogP contribution < -0.4 is 15.5 Å². The fourth-order valence-electron chi connectivity index (χ4n) is 3.01. The Kier molecular flexibility index (Phi) is 4.37. The molecule has 130 valence electrons. The largest absolute Gasteiger partial charge is 0.352 e. The summed E-state index contributed by atoms with van der Waals surface area (Å²) in [5.41, 5.74) is 2.67. The number of nitrogens with one attached hydrogen (secondary N) is 2. The molecule has 3 aromatic rings. The van der Waals surface area contributed by atoms with Gasteiger partial charge in [0.25, 0.3) is 0 Å². The molecule has 1 aliphatic rings. The predicted octanol–water partition coefficient (Wildman–Crippen LogP) is 1.69. The maximum Gasteiger partial charge on any atom is 0.230 e. The molecule has 0 unspecified atom stereocenters. The van der Waals surface area contributed by atoms with Crippen molar-refractivity contribution in [3.8, 4) is 0 Å². The molecule has 0 spiro atoms. The molecule has 8 heteroatoms. The molecule has 1 amide bonds. The fraction of sp³-hybridized carbons (Fsp3) is 0.353. The number of aryl methyl sites for hydroxylation is 1. The second-order valence-corrected chi connectivity index (χ2v) is 6.94. The molecule has 0 aromatic carbocycles. The Morgan fingerprint density at radius 2 is 2.24 bits per heavy atom. The molecule has 1 fully saturated rings. The van der Waals surface area contributed by atoms with Crippen molar-refractivity contribution in [1.29, 1.82) is 0 Å². The number of imidazole rings is 1. The number of amides is 1. The number of rotatable bonds is 4. The number of piperazine rings is 1. The van der Waals surface area contributed by atoms with Crippen LogP contribution >= 0.6 is 11.3 Å². The van der Waals surface area contributed by atoms with Crippen molar-refractivity contribution in [2.75, 3.05) is 36.4 Å². The zero-order chi connectivity index (χ0) is 17.2. The molecule has 1 saturated heterocycles. The minimum atomic E-state index is -0.0761. The Hall–Kier alpha value is -2.45. The lowest BCUT2D eigenvalue weighted by atomic mass is 10.2.